The van der Waals surface area contributed by atoms with Crippen molar-refractivity contribution >= 4 is 0 Å². The van der Waals surface area contributed by atoms with Gasteiger partial charge in [0.2, 0.25) is 5.88 Å². The Hall–Kier alpha value is -1.63. The van der Waals surface area contributed by atoms with E-state index in [0.717, 1.165) is 31.9 Å². The third kappa shape index (κ3) is 8.73. The maximum absolute atomic E-state index is 7.47. The Morgan fingerprint density at radius 1 is 1.15 bits per heavy atom. The van der Waals surface area contributed by atoms with Crippen LogP contribution in [0.25, 0.3) is 0 Å². The summed E-state index contributed by atoms with van der Waals surface area (Å²) in [6.45, 7) is 7.32. The van der Waals surface area contributed by atoms with Crippen LogP contribution in [0.15, 0.2) is 6.07 Å². The lowest BCUT2D eigenvalue weighted by atomic mass is 10.1. The van der Waals surface area contributed by atoms with Gasteiger partial charge in [-0.25, -0.2) is 5.26 Å². The molecule has 8 heteroatoms. The summed E-state index contributed by atoms with van der Waals surface area (Å²) in [5.41, 5.74) is 1.34. The smallest absolute Gasteiger partial charge is 0.233 e. The Bertz CT molecular complexity index is 552. The minimum Gasteiger partial charge on any atom is -0.477 e. The maximum Gasteiger partial charge on any atom is 0.233 e. The van der Waals surface area contributed by atoms with Gasteiger partial charge in [-0.1, -0.05) is 12.3 Å². The first-order chi connectivity index (χ1) is 13.3. The van der Waals surface area contributed by atoms with Gasteiger partial charge < -0.3 is 9.64 Å². The van der Waals surface area contributed by atoms with Gasteiger partial charge in [-0.3, -0.25) is 4.68 Å². The average molecular weight is 381 g/mol. The van der Waals surface area contributed by atoms with Crippen molar-refractivity contribution in [2.75, 3.05) is 32.8 Å². The van der Waals surface area contributed by atoms with Gasteiger partial charge >= 0.3 is 0 Å². The molecule has 1 aromatic heterocycles. The van der Waals surface area contributed by atoms with Crippen LogP contribution in [0.3, 0.4) is 0 Å². The predicted octanol–water partition coefficient (Wildman–Crippen LogP) is 2.84. The zero-order valence-electron chi connectivity index (χ0n) is 16.2. The molecule has 152 valence electrons. The van der Waals surface area contributed by atoms with Gasteiger partial charge in [-0.15, -0.1) is 11.0 Å². The molecule has 2 aliphatic rings. The van der Waals surface area contributed by atoms with Gasteiger partial charge in [0, 0.05) is 24.8 Å². The van der Waals surface area contributed by atoms with E-state index in [9.17, 15) is 0 Å². The molecule has 27 heavy (non-hydrogen) atoms. The molecule has 0 saturated carbocycles. The van der Waals surface area contributed by atoms with Gasteiger partial charge in [0.25, 0.3) is 0 Å². The van der Waals surface area contributed by atoms with Crippen molar-refractivity contribution < 1.29 is 25.0 Å². The Kier molecular flexibility index (Phi) is 10.9. The summed E-state index contributed by atoms with van der Waals surface area (Å²) in [5, 5.41) is 18.7. The van der Waals surface area contributed by atoms with Crippen molar-refractivity contribution in [3.63, 3.8) is 0 Å². The van der Waals surface area contributed by atoms with E-state index in [1.807, 2.05) is 0 Å². The molecule has 0 bridgehead atoms. The van der Waals surface area contributed by atoms with Crippen molar-refractivity contribution in [1.29, 1.82) is 0 Å². The summed E-state index contributed by atoms with van der Waals surface area (Å²) in [7, 11) is 0. The second-order valence-corrected chi connectivity index (χ2v) is 6.59. The van der Waals surface area contributed by atoms with Gasteiger partial charge in [0.1, 0.15) is 6.61 Å². The van der Waals surface area contributed by atoms with Crippen LogP contribution in [0.2, 0.25) is 0 Å². The predicted molar refractivity (Wildman–Crippen MR) is 99.8 cm³/mol. The van der Waals surface area contributed by atoms with Gasteiger partial charge in [-0.2, -0.15) is 4.89 Å². The van der Waals surface area contributed by atoms with Crippen LogP contribution in [0.4, 0.5) is 0 Å². The molecule has 1 N–H and O–H groups in total. The van der Waals surface area contributed by atoms with Crippen molar-refractivity contribution in [3.05, 3.63) is 11.8 Å². The molecule has 8 nitrogen and oxygen atoms in total. The lowest BCUT2D eigenvalue weighted by molar-refractivity contribution is -0.620. The number of piperidine rings is 1. The van der Waals surface area contributed by atoms with Gasteiger partial charge in [-0.05, 0) is 68.6 Å². The number of hydrogen-bond donors (Lipinski definition) is 1. The van der Waals surface area contributed by atoms with E-state index >= 15 is 0 Å². The second-order valence-electron chi connectivity index (χ2n) is 6.59. The quantitative estimate of drug-likeness (QED) is 0.321. The van der Waals surface area contributed by atoms with Crippen LogP contribution < -0.4 is 4.74 Å². The fourth-order valence-electron chi connectivity index (χ4n) is 3.26. The van der Waals surface area contributed by atoms with Crippen molar-refractivity contribution in [2.24, 2.45) is 0 Å². The molecule has 0 spiro atoms. The first-order valence-corrected chi connectivity index (χ1v) is 9.74. The number of hydrogen-bond acceptors (Lipinski definition) is 7. The number of aromatic nitrogens is 2. The molecule has 0 unspecified atom stereocenters. The van der Waals surface area contributed by atoms with Gasteiger partial charge in [0.05, 0.1) is 6.61 Å². The lowest BCUT2D eigenvalue weighted by Crippen LogP contribution is -2.31. The van der Waals surface area contributed by atoms with E-state index in [0.29, 0.717) is 0 Å². The Morgan fingerprint density at radius 2 is 1.96 bits per heavy atom. The molecule has 0 radical (unpaired) electrons. The van der Waals surface area contributed by atoms with E-state index < -0.39 is 0 Å². The Balaban J connectivity index is 0.000000279. The fraction of sp³-hybridized carbons (Fsp3) is 0.737. The van der Waals surface area contributed by atoms with Crippen LogP contribution in [0.5, 0.6) is 5.88 Å². The van der Waals surface area contributed by atoms with Crippen LogP contribution in [-0.2, 0) is 27.9 Å². The molecule has 2 aliphatic heterocycles. The molecule has 0 aromatic carbocycles. The summed E-state index contributed by atoms with van der Waals surface area (Å²) < 4.78 is 7.91. The monoisotopic (exact) mass is 381 g/mol. The normalized spacial score (nSPS) is 16.5. The minimum atomic E-state index is 0.0804. The number of fused-ring (bicyclic) bond motifs is 1. The molecule has 0 aliphatic carbocycles. The summed E-state index contributed by atoms with van der Waals surface area (Å²) in [6.07, 6.45) is 8.96. The number of ether oxygens (including phenoxy) is 1. The zero-order chi connectivity index (χ0) is 19.2. The molecule has 1 fully saturated rings. The Labute approximate surface area is 161 Å². The maximum atomic E-state index is 7.47. The summed E-state index contributed by atoms with van der Waals surface area (Å²) >= 11 is 0. The Morgan fingerprint density at radius 3 is 2.70 bits per heavy atom. The third-order valence-corrected chi connectivity index (χ3v) is 4.60. The second kappa shape index (κ2) is 13.5. The molecular formula is C19H31N3O5. The number of likely N-dealkylation sites (tertiary alicyclic amines) is 1. The van der Waals surface area contributed by atoms with E-state index in [1.54, 1.807) is 6.92 Å². The standard InChI is InChI=1S/C15H25N3O.C4H6O4/c1-3-8-17(9-4-1)10-6-12-19-15-13-14-7-2-5-11-18(14)16-15;1-2-3-4-6-8-7-5/h13H,1-12H2;5H,4H2,1H3. The SMILES string of the molecule is CC#CCOOOO.c1c(OCCCN2CCCCC2)nn2c1CCCC2. The molecule has 1 saturated heterocycles. The largest absolute Gasteiger partial charge is 0.477 e. The van der Waals surface area contributed by atoms with E-state index in [-0.39, 0.29) is 6.61 Å². The number of nitrogens with zero attached hydrogens (tertiary/aromatic N) is 3. The molecule has 0 atom stereocenters. The van der Waals surface area contributed by atoms with E-state index in [4.69, 9.17) is 9.99 Å². The lowest BCUT2D eigenvalue weighted by Gasteiger charge is -2.26. The fourth-order valence-corrected chi connectivity index (χ4v) is 3.26. The van der Waals surface area contributed by atoms with Crippen molar-refractivity contribution in [1.82, 2.24) is 14.7 Å². The zero-order valence-corrected chi connectivity index (χ0v) is 16.2. The molecular weight excluding hydrogens is 350 g/mol. The summed E-state index contributed by atoms with van der Waals surface area (Å²) in [5.74, 6) is 5.86. The highest BCUT2D eigenvalue weighted by Crippen LogP contribution is 2.19. The van der Waals surface area contributed by atoms with Crippen LogP contribution >= 0.6 is 0 Å². The highest BCUT2D eigenvalue weighted by atomic mass is 17.6. The van der Waals surface area contributed by atoms with Gasteiger partial charge in [0.15, 0.2) is 0 Å². The minimum absolute atomic E-state index is 0.0804. The van der Waals surface area contributed by atoms with Crippen LogP contribution in [-0.4, -0.2) is 52.8 Å². The van der Waals surface area contributed by atoms with E-state index in [1.165, 1.54) is 57.4 Å². The first-order valence-electron chi connectivity index (χ1n) is 9.74. The molecule has 3 heterocycles. The molecule has 3 rings (SSSR count). The summed E-state index contributed by atoms with van der Waals surface area (Å²) in [6, 6.07) is 2.13. The van der Waals surface area contributed by atoms with Crippen molar-refractivity contribution in [3.8, 4) is 17.7 Å². The highest BCUT2D eigenvalue weighted by molar-refractivity contribution is 5.16. The number of aryl methyl sites for hydroxylation is 2. The van der Waals surface area contributed by atoms with Crippen LogP contribution in [0.1, 0.15) is 51.1 Å². The summed E-state index contributed by atoms with van der Waals surface area (Å²) in [4.78, 5) is 6.64. The third-order valence-electron chi connectivity index (χ3n) is 4.60. The molecule has 1 aromatic rings. The van der Waals surface area contributed by atoms with E-state index in [2.05, 4.69) is 47.6 Å². The number of rotatable bonds is 8. The molecule has 0 amide bonds. The average Bonchev–Trinajstić information content (AvgIpc) is 3.13. The van der Waals surface area contributed by atoms with Crippen molar-refractivity contribution in [2.45, 2.75) is 58.4 Å². The first kappa shape index (κ1) is 21.7. The van der Waals surface area contributed by atoms with Crippen LogP contribution in [0, 0.1) is 11.8 Å². The topological polar surface area (TPSA) is 78.2 Å². The highest BCUT2D eigenvalue weighted by Gasteiger charge is 2.13.